The van der Waals surface area contributed by atoms with Gasteiger partial charge in [-0.3, -0.25) is 14.4 Å². The van der Waals surface area contributed by atoms with Crippen LogP contribution in [0.5, 0.6) is 0 Å². The van der Waals surface area contributed by atoms with Gasteiger partial charge in [0.2, 0.25) is 5.91 Å². The molecule has 0 saturated carbocycles. The van der Waals surface area contributed by atoms with E-state index < -0.39 is 22.8 Å². The first-order valence-corrected chi connectivity index (χ1v) is 13.7. The number of carbonyl (C=O) groups excluding carboxylic acids is 3. The van der Waals surface area contributed by atoms with Gasteiger partial charge in [-0.2, -0.15) is 0 Å². The van der Waals surface area contributed by atoms with Crippen LogP contribution in [0.4, 0.5) is 4.39 Å². The number of likely N-dealkylation sites (tertiary alicyclic amines) is 2. The van der Waals surface area contributed by atoms with E-state index in [9.17, 15) is 18.8 Å². The van der Waals surface area contributed by atoms with Gasteiger partial charge < -0.3 is 25.1 Å². The topological polar surface area (TPSA) is 101 Å². The predicted octanol–water partition coefficient (Wildman–Crippen LogP) is 5.10. The van der Waals surface area contributed by atoms with Crippen molar-refractivity contribution < 1.29 is 18.8 Å². The number of piperazine rings is 1. The van der Waals surface area contributed by atoms with E-state index >= 15 is 0 Å². The highest BCUT2D eigenvalue weighted by Crippen LogP contribution is 2.42. The Hall–Kier alpha value is -3.85. The highest BCUT2D eigenvalue weighted by molar-refractivity contribution is 6.31. The number of para-hydroxylation sites is 1. The number of fused-ring (bicyclic) bond motifs is 4. The van der Waals surface area contributed by atoms with E-state index in [1.165, 1.54) is 6.07 Å². The molecule has 0 radical (unpaired) electrons. The van der Waals surface area contributed by atoms with Gasteiger partial charge in [0.15, 0.2) is 0 Å². The number of benzene rings is 2. The van der Waals surface area contributed by atoms with Crippen molar-refractivity contribution in [1.29, 1.82) is 0 Å². The monoisotopic (exact) mass is 563 g/mol. The van der Waals surface area contributed by atoms with Crippen LogP contribution >= 0.6 is 11.6 Å². The van der Waals surface area contributed by atoms with Crippen LogP contribution in [0.1, 0.15) is 55.1 Å². The Kier molecular flexibility index (Phi) is 5.99. The van der Waals surface area contributed by atoms with Gasteiger partial charge in [-0.15, -0.1) is 0 Å². The molecule has 2 aromatic carbocycles. The molecule has 4 aromatic rings. The van der Waals surface area contributed by atoms with Crippen molar-refractivity contribution in [3.05, 3.63) is 70.8 Å². The normalized spacial score (nSPS) is 21.4. The highest BCUT2D eigenvalue weighted by atomic mass is 35.5. The molecule has 2 aliphatic heterocycles. The number of aromatic nitrogens is 2. The molecule has 0 aliphatic carbocycles. The Morgan fingerprint density at radius 2 is 1.82 bits per heavy atom. The number of hydrogen-bond acceptors (Lipinski definition) is 3. The van der Waals surface area contributed by atoms with Crippen LogP contribution in [0, 0.1) is 11.2 Å². The third kappa shape index (κ3) is 4.33. The largest absolute Gasteiger partial charge is 0.350 e. The Balaban J connectivity index is 1.20. The molecule has 40 heavy (non-hydrogen) atoms. The number of amides is 3. The van der Waals surface area contributed by atoms with Crippen LogP contribution in [-0.4, -0.2) is 68.2 Å². The smallest absolute Gasteiger partial charge is 0.270 e. The maximum Gasteiger partial charge on any atom is 0.270 e. The van der Waals surface area contributed by atoms with Crippen molar-refractivity contribution in [3.63, 3.8) is 0 Å². The van der Waals surface area contributed by atoms with Crippen molar-refractivity contribution in [3.8, 4) is 0 Å². The molecule has 3 atom stereocenters. The average molecular weight is 564 g/mol. The molecule has 6 rings (SSSR count). The number of rotatable bonds is 4. The van der Waals surface area contributed by atoms with E-state index in [4.69, 9.17) is 11.6 Å². The zero-order valence-corrected chi connectivity index (χ0v) is 23.5. The molecule has 2 bridgehead atoms. The van der Waals surface area contributed by atoms with E-state index in [-0.39, 0.29) is 23.8 Å². The Bertz CT molecular complexity index is 1690. The second-order valence-corrected chi connectivity index (χ2v) is 12.7. The fourth-order valence-electron chi connectivity index (χ4n) is 6.19. The highest BCUT2D eigenvalue weighted by Gasteiger charge is 2.56. The van der Waals surface area contributed by atoms with Gasteiger partial charge in [-0.05, 0) is 49.1 Å². The molecule has 3 amide bonds. The van der Waals surface area contributed by atoms with Gasteiger partial charge in [0.1, 0.15) is 23.2 Å². The minimum Gasteiger partial charge on any atom is -0.350 e. The first kappa shape index (κ1) is 26.4. The van der Waals surface area contributed by atoms with E-state index in [0.29, 0.717) is 46.8 Å². The summed E-state index contributed by atoms with van der Waals surface area (Å²) in [5.41, 5.74) is 0.571. The molecular formula is C30H31ClFN5O3. The lowest BCUT2D eigenvalue weighted by atomic mass is 9.84. The number of nitrogens with one attached hydrogen (secondary N) is 3. The molecule has 8 nitrogen and oxygen atoms in total. The van der Waals surface area contributed by atoms with Crippen LogP contribution in [-0.2, 0) is 4.79 Å². The second kappa shape index (κ2) is 9.09. The molecule has 3 N–H and O–H groups in total. The third-order valence-electron chi connectivity index (χ3n) is 8.25. The lowest BCUT2D eigenvalue weighted by Crippen LogP contribution is -2.62. The van der Waals surface area contributed by atoms with Gasteiger partial charge in [-0.25, -0.2) is 4.39 Å². The summed E-state index contributed by atoms with van der Waals surface area (Å²) in [6.45, 7) is 8.45. The van der Waals surface area contributed by atoms with Crippen LogP contribution in [0.3, 0.4) is 0 Å². The molecule has 0 spiro atoms. The number of carbonyl (C=O) groups is 3. The van der Waals surface area contributed by atoms with Gasteiger partial charge >= 0.3 is 0 Å². The maximum absolute atomic E-state index is 14.2. The number of aromatic amines is 2. The molecule has 2 aromatic heterocycles. The summed E-state index contributed by atoms with van der Waals surface area (Å²) in [7, 11) is 0. The minimum absolute atomic E-state index is 0.174. The van der Waals surface area contributed by atoms with Crippen LogP contribution < -0.4 is 5.32 Å². The van der Waals surface area contributed by atoms with Gasteiger partial charge in [-0.1, -0.05) is 50.6 Å². The van der Waals surface area contributed by atoms with Crippen molar-refractivity contribution in [2.24, 2.45) is 5.41 Å². The fourth-order valence-corrected chi connectivity index (χ4v) is 6.36. The molecular weight excluding hydrogens is 533 g/mol. The Morgan fingerprint density at radius 1 is 1.07 bits per heavy atom. The lowest BCUT2D eigenvalue weighted by molar-refractivity contribution is -0.141. The van der Waals surface area contributed by atoms with Crippen LogP contribution in [0.15, 0.2) is 48.5 Å². The number of H-pyrrole nitrogens is 2. The van der Waals surface area contributed by atoms with E-state index in [2.05, 4.69) is 15.3 Å². The van der Waals surface area contributed by atoms with E-state index in [0.717, 1.165) is 10.9 Å². The van der Waals surface area contributed by atoms with Crippen LogP contribution in [0.2, 0.25) is 5.02 Å². The standard InChI is InChI=1S/C30H31ClFN5O3/c1-29(2,3)25(35-26(38)22-10-16-8-9-18(31)12-21(16)33-22)28(40)37-14-19-13-30(37,4)15-36(19)27(39)23-11-17-6-5-7-20(32)24(17)34-23/h5-12,19,25,33-34H,13-15H2,1-4H3,(H,35,38)/t19-,25?,30+/m0/s1. The van der Waals surface area contributed by atoms with Gasteiger partial charge in [0.05, 0.1) is 17.1 Å². The number of halogens is 2. The zero-order chi connectivity index (χ0) is 28.6. The fraction of sp³-hybridized carbons (Fsp3) is 0.367. The molecule has 2 aliphatic rings. The zero-order valence-electron chi connectivity index (χ0n) is 22.8. The molecule has 2 fully saturated rings. The van der Waals surface area contributed by atoms with Crippen LogP contribution in [0.25, 0.3) is 21.8 Å². The summed E-state index contributed by atoms with van der Waals surface area (Å²) in [5, 5.41) is 5.01. The summed E-state index contributed by atoms with van der Waals surface area (Å²) in [6.07, 6.45) is 0.632. The quantitative estimate of drug-likeness (QED) is 0.322. The number of nitrogens with zero attached hydrogens (tertiary/aromatic N) is 2. The minimum atomic E-state index is -0.785. The van der Waals surface area contributed by atoms with Crippen molar-refractivity contribution in [2.75, 3.05) is 13.1 Å². The third-order valence-corrected chi connectivity index (χ3v) is 8.49. The Morgan fingerprint density at radius 3 is 2.50 bits per heavy atom. The Labute approximate surface area is 235 Å². The van der Waals surface area contributed by atoms with E-state index in [1.54, 1.807) is 41.3 Å². The first-order chi connectivity index (χ1) is 18.8. The SMILES string of the molecule is CC(C)(C)C(NC(=O)c1cc2ccc(Cl)cc2[nH]1)C(=O)N1C[C@@H]2C[C@]1(C)CN2C(=O)c1cc2cccc(F)c2[nH]1. The number of hydrogen-bond donors (Lipinski definition) is 3. The van der Waals surface area contributed by atoms with Crippen molar-refractivity contribution >= 4 is 51.1 Å². The average Bonchev–Trinajstić information content (AvgIpc) is 3.65. The lowest BCUT2D eigenvalue weighted by Gasteiger charge is -2.43. The van der Waals surface area contributed by atoms with Crippen molar-refractivity contribution in [1.82, 2.24) is 25.1 Å². The summed E-state index contributed by atoms with van der Waals surface area (Å²) < 4.78 is 14.2. The van der Waals surface area contributed by atoms with Crippen molar-refractivity contribution in [2.45, 2.75) is 51.7 Å². The van der Waals surface area contributed by atoms with E-state index in [1.807, 2.05) is 38.7 Å². The second-order valence-electron chi connectivity index (χ2n) is 12.3. The summed E-state index contributed by atoms with van der Waals surface area (Å²) in [6, 6.07) is 12.5. The molecule has 1 unspecified atom stereocenters. The molecule has 10 heteroatoms. The summed E-state index contributed by atoms with van der Waals surface area (Å²) in [5.74, 6) is -1.17. The summed E-state index contributed by atoms with van der Waals surface area (Å²) in [4.78, 5) is 50.3. The predicted molar refractivity (Wildman–Crippen MR) is 152 cm³/mol. The molecule has 2 saturated heterocycles. The van der Waals surface area contributed by atoms with Gasteiger partial charge in [0.25, 0.3) is 11.8 Å². The molecule has 4 heterocycles. The molecule has 208 valence electrons. The first-order valence-electron chi connectivity index (χ1n) is 13.3. The maximum atomic E-state index is 14.2. The summed E-state index contributed by atoms with van der Waals surface area (Å²) >= 11 is 6.09. The van der Waals surface area contributed by atoms with Gasteiger partial charge in [0, 0.05) is 34.4 Å².